The van der Waals surface area contributed by atoms with Gasteiger partial charge in [0.2, 0.25) is 0 Å². The number of nitrogens with one attached hydrogen (secondary N) is 2. The molecule has 0 saturated heterocycles. The molecule has 2 N–H and O–H groups in total. The van der Waals surface area contributed by atoms with E-state index in [1.807, 2.05) is 30.3 Å². The number of aromatic nitrogens is 7. The second-order valence-corrected chi connectivity index (χ2v) is 5.09. The molecule has 0 aliphatic carbocycles. The zero-order valence-electron chi connectivity index (χ0n) is 12.9. The fourth-order valence-electron chi connectivity index (χ4n) is 2.30. The van der Waals surface area contributed by atoms with Crippen molar-refractivity contribution in [1.29, 1.82) is 0 Å². The van der Waals surface area contributed by atoms with Crippen LogP contribution >= 0.6 is 0 Å². The van der Waals surface area contributed by atoms with Crippen LogP contribution < -0.4 is 5.32 Å². The lowest BCUT2D eigenvalue weighted by Gasteiger charge is -2.05. The molecule has 0 fully saturated rings. The van der Waals surface area contributed by atoms with Crippen LogP contribution in [0.5, 0.6) is 0 Å². The Hall–Kier alpha value is -3.88. The normalized spacial score (nSPS) is 10.6. The minimum atomic E-state index is -0.372. The van der Waals surface area contributed by atoms with Gasteiger partial charge in [-0.05, 0) is 12.1 Å². The Balaban J connectivity index is 1.54. The number of H-pyrrole nitrogens is 1. The molecule has 0 saturated carbocycles. The average molecular weight is 332 g/mol. The molecule has 122 valence electrons. The maximum absolute atomic E-state index is 12.5. The van der Waals surface area contributed by atoms with Gasteiger partial charge >= 0.3 is 0 Å². The van der Waals surface area contributed by atoms with Gasteiger partial charge in [-0.25, -0.2) is 14.6 Å². The van der Waals surface area contributed by atoms with Crippen LogP contribution in [-0.2, 0) is 0 Å². The smallest absolute Gasteiger partial charge is 0.278 e. The number of hydrogen-bond donors (Lipinski definition) is 2. The van der Waals surface area contributed by atoms with E-state index in [0.29, 0.717) is 17.2 Å². The molecular formula is C16H12N8O. The maximum atomic E-state index is 12.5. The van der Waals surface area contributed by atoms with E-state index in [1.165, 1.54) is 17.2 Å². The lowest BCUT2D eigenvalue weighted by molar-refractivity contribution is 0.102. The number of rotatable bonds is 4. The minimum Gasteiger partial charge on any atom is -0.319 e. The van der Waals surface area contributed by atoms with Gasteiger partial charge in [-0.15, -0.1) is 0 Å². The number of carbonyl (C=O) groups excluding carboxylic acids is 1. The number of benzene rings is 1. The molecule has 4 rings (SSSR count). The van der Waals surface area contributed by atoms with Crippen LogP contribution in [0.3, 0.4) is 0 Å². The molecule has 0 spiro atoms. The fraction of sp³-hybridized carbons (Fsp3) is 0. The van der Waals surface area contributed by atoms with Crippen molar-refractivity contribution >= 4 is 11.6 Å². The number of amides is 1. The van der Waals surface area contributed by atoms with Crippen molar-refractivity contribution in [2.24, 2.45) is 0 Å². The summed E-state index contributed by atoms with van der Waals surface area (Å²) < 4.78 is 1.52. The van der Waals surface area contributed by atoms with Crippen molar-refractivity contribution < 1.29 is 4.79 Å². The van der Waals surface area contributed by atoms with Gasteiger partial charge in [0.25, 0.3) is 5.91 Å². The van der Waals surface area contributed by atoms with Gasteiger partial charge < -0.3 is 5.32 Å². The second-order valence-electron chi connectivity index (χ2n) is 5.09. The minimum absolute atomic E-state index is 0.214. The van der Waals surface area contributed by atoms with Crippen LogP contribution in [0.2, 0.25) is 0 Å². The van der Waals surface area contributed by atoms with E-state index >= 15 is 0 Å². The standard InChI is InChI=1S/C16H12N8O/c25-16(15-14(21-23-22-15)11-4-2-1-3-5-11)20-12-6-7-13(18-8-12)24-10-17-9-19-24/h1-10H,(H,20,25)(H,21,22,23). The van der Waals surface area contributed by atoms with Gasteiger partial charge in [0.15, 0.2) is 11.5 Å². The van der Waals surface area contributed by atoms with Crippen molar-refractivity contribution in [1.82, 2.24) is 35.2 Å². The first kappa shape index (κ1) is 14.7. The largest absolute Gasteiger partial charge is 0.319 e. The molecular weight excluding hydrogens is 320 g/mol. The van der Waals surface area contributed by atoms with Crippen LogP contribution in [0, 0.1) is 0 Å². The highest BCUT2D eigenvalue weighted by Crippen LogP contribution is 2.20. The third-order valence-electron chi connectivity index (χ3n) is 3.47. The maximum Gasteiger partial charge on any atom is 0.278 e. The summed E-state index contributed by atoms with van der Waals surface area (Å²) in [5, 5.41) is 17.3. The van der Waals surface area contributed by atoms with Crippen molar-refractivity contribution in [3.8, 4) is 17.1 Å². The number of anilines is 1. The highest BCUT2D eigenvalue weighted by Gasteiger charge is 2.18. The summed E-state index contributed by atoms with van der Waals surface area (Å²) in [6, 6.07) is 12.8. The van der Waals surface area contributed by atoms with E-state index in [4.69, 9.17) is 0 Å². The molecule has 1 amide bonds. The number of pyridine rings is 1. The quantitative estimate of drug-likeness (QED) is 0.588. The molecule has 0 bridgehead atoms. The summed E-state index contributed by atoms with van der Waals surface area (Å²) in [5.41, 5.74) is 2.05. The van der Waals surface area contributed by atoms with E-state index in [-0.39, 0.29) is 11.6 Å². The third-order valence-corrected chi connectivity index (χ3v) is 3.47. The first-order chi connectivity index (χ1) is 12.3. The first-order valence-corrected chi connectivity index (χ1v) is 7.40. The molecule has 0 aliphatic rings. The SMILES string of the molecule is O=C(Nc1ccc(-n2cncn2)nc1)c1n[nH]nc1-c1ccccc1. The van der Waals surface area contributed by atoms with Gasteiger partial charge in [-0.2, -0.15) is 20.5 Å². The summed E-state index contributed by atoms with van der Waals surface area (Å²) in [7, 11) is 0. The van der Waals surface area contributed by atoms with Crippen molar-refractivity contribution in [3.05, 3.63) is 67.0 Å². The second kappa shape index (κ2) is 6.32. The topological polar surface area (TPSA) is 114 Å². The zero-order valence-corrected chi connectivity index (χ0v) is 12.9. The Bertz CT molecular complexity index is 977. The first-order valence-electron chi connectivity index (χ1n) is 7.40. The van der Waals surface area contributed by atoms with Crippen molar-refractivity contribution in [2.75, 3.05) is 5.32 Å². The monoisotopic (exact) mass is 332 g/mol. The van der Waals surface area contributed by atoms with Gasteiger partial charge in [-0.3, -0.25) is 4.79 Å². The summed E-state index contributed by atoms with van der Waals surface area (Å²) in [6.07, 6.45) is 4.51. The van der Waals surface area contributed by atoms with E-state index in [9.17, 15) is 4.79 Å². The van der Waals surface area contributed by atoms with Crippen LogP contribution in [0.4, 0.5) is 5.69 Å². The van der Waals surface area contributed by atoms with Gasteiger partial charge in [-0.1, -0.05) is 30.3 Å². The van der Waals surface area contributed by atoms with E-state index in [2.05, 4.69) is 35.8 Å². The number of nitrogens with zero attached hydrogens (tertiary/aromatic N) is 6. The molecule has 0 unspecified atom stereocenters. The summed E-state index contributed by atoms with van der Waals surface area (Å²) >= 11 is 0. The number of aromatic amines is 1. The van der Waals surface area contributed by atoms with Crippen LogP contribution in [0.1, 0.15) is 10.5 Å². The fourth-order valence-corrected chi connectivity index (χ4v) is 2.30. The van der Waals surface area contributed by atoms with E-state index in [0.717, 1.165) is 5.56 Å². The van der Waals surface area contributed by atoms with Gasteiger partial charge in [0.1, 0.15) is 18.3 Å². The Labute approximate surface area is 141 Å². The molecule has 0 aliphatic heterocycles. The molecule has 3 aromatic heterocycles. The zero-order chi connectivity index (χ0) is 17.1. The molecule has 4 aromatic rings. The Morgan fingerprint density at radius 3 is 2.68 bits per heavy atom. The molecule has 9 heteroatoms. The molecule has 0 atom stereocenters. The van der Waals surface area contributed by atoms with E-state index < -0.39 is 0 Å². The van der Waals surface area contributed by atoms with Crippen molar-refractivity contribution in [3.63, 3.8) is 0 Å². The highest BCUT2D eigenvalue weighted by atomic mass is 16.2. The predicted molar refractivity (Wildman–Crippen MR) is 88.9 cm³/mol. The molecule has 1 aromatic carbocycles. The number of carbonyl (C=O) groups is 1. The molecule has 9 nitrogen and oxygen atoms in total. The third kappa shape index (κ3) is 2.98. The summed E-state index contributed by atoms with van der Waals surface area (Å²) in [4.78, 5) is 20.6. The summed E-state index contributed by atoms with van der Waals surface area (Å²) in [6.45, 7) is 0. The van der Waals surface area contributed by atoms with Crippen LogP contribution in [-0.4, -0.2) is 41.1 Å². The lowest BCUT2D eigenvalue weighted by atomic mass is 10.1. The molecule has 25 heavy (non-hydrogen) atoms. The van der Waals surface area contributed by atoms with Crippen LogP contribution in [0.25, 0.3) is 17.1 Å². The highest BCUT2D eigenvalue weighted by molar-refractivity contribution is 6.06. The molecule has 0 radical (unpaired) electrons. The van der Waals surface area contributed by atoms with E-state index in [1.54, 1.807) is 18.5 Å². The predicted octanol–water partition coefficient (Wildman–Crippen LogP) is 1.70. The van der Waals surface area contributed by atoms with Crippen LogP contribution in [0.15, 0.2) is 61.3 Å². The van der Waals surface area contributed by atoms with Gasteiger partial charge in [0.05, 0.1) is 11.9 Å². The van der Waals surface area contributed by atoms with Crippen molar-refractivity contribution in [2.45, 2.75) is 0 Å². The average Bonchev–Trinajstić information content (AvgIpc) is 3.35. The summed E-state index contributed by atoms with van der Waals surface area (Å²) in [5.74, 6) is 0.227. The Morgan fingerprint density at radius 1 is 1.08 bits per heavy atom. The number of hydrogen-bond acceptors (Lipinski definition) is 6. The Morgan fingerprint density at radius 2 is 1.96 bits per heavy atom. The lowest BCUT2D eigenvalue weighted by Crippen LogP contribution is -2.14. The van der Waals surface area contributed by atoms with Gasteiger partial charge in [0, 0.05) is 5.56 Å². The Kier molecular flexibility index (Phi) is 3.71. The molecule has 3 heterocycles.